The fraction of sp³-hybridized carbons (Fsp3) is 0.125. The van der Waals surface area contributed by atoms with Gasteiger partial charge in [0, 0.05) is 62.6 Å². The zero-order chi connectivity index (χ0) is 46.4. The molecule has 0 N–H and O–H groups in total. The summed E-state index contributed by atoms with van der Waals surface area (Å²) in [5, 5.41) is 0. The Morgan fingerprint density at radius 2 is 0.735 bits per heavy atom. The molecule has 8 aromatic carbocycles. The van der Waals surface area contributed by atoms with Crippen molar-refractivity contribution in [2.24, 2.45) is 0 Å². The van der Waals surface area contributed by atoms with Crippen molar-refractivity contribution in [2.45, 2.75) is 53.0 Å². The highest BCUT2D eigenvalue weighted by atomic mass is 15.2. The van der Waals surface area contributed by atoms with Crippen LogP contribution in [0.1, 0.15) is 41.5 Å². The zero-order valence-electron chi connectivity index (χ0n) is 39.5. The van der Waals surface area contributed by atoms with E-state index in [0.29, 0.717) is 0 Å². The van der Waals surface area contributed by atoms with Crippen LogP contribution >= 0.6 is 0 Å². The first-order valence-corrected chi connectivity index (χ1v) is 23.9. The van der Waals surface area contributed by atoms with Crippen LogP contribution in [0.15, 0.2) is 248 Å². The minimum absolute atomic E-state index is 0.138. The molecule has 0 fully saturated rings. The predicted octanol–water partition coefficient (Wildman–Crippen LogP) is 17.6. The quantitative estimate of drug-likeness (QED) is 0.114. The van der Waals surface area contributed by atoms with Gasteiger partial charge in [-0.1, -0.05) is 115 Å². The van der Waals surface area contributed by atoms with Gasteiger partial charge in [0.15, 0.2) is 0 Å². The lowest BCUT2D eigenvalue weighted by molar-refractivity contribution is 0.777. The van der Waals surface area contributed by atoms with Gasteiger partial charge in [0.1, 0.15) is 0 Å². The van der Waals surface area contributed by atoms with Crippen molar-refractivity contribution in [2.75, 3.05) is 19.6 Å². The third-order valence-electron chi connectivity index (χ3n) is 12.9. The molecule has 0 bridgehead atoms. The van der Waals surface area contributed by atoms with E-state index >= 15 is 0 Å². The summed E-state index contributed by atoms with van der Waals surface area (Å²) in [5.74, 6) is 0. The molecule has 0 spiro atoms. The van der Waals surface area contributed by atoms with Gasteiger partial charge in [-0.25, -0.2) is 0 Å². The Morgan fingerprint density at radius 3 is 1.18 bits per heavy atom. The Bertz CT molecular complexity index is 3050. The number of hydrogen-bond donors (Lipinski definition) is 0. The summed E-state index contributed by atoms with van der Waals surface area (Å²) in [5.41, 5.74) is 20.0. The van der Waals surface area contributed by atoms with Crippen molar-refractivity contribution in [1.82, 2.24) is 0 Å². The third kappa shape index (κ3) is 9.59. The maximum Gasteiger partial charge on any atom is 0.0561 e. The van der Waals surface area contributed by atoms with Gasteiger partial charge in [0.05, 0.1) is 6.04 Å². The van der Waals surface area contributed by atoms with Gasteiger partial charge >= 0.3 is 0 Å². The van der Waals surface area contributed by atoms with Crippen LogP contribution in [-0.4, -0.2) is 6.04 Å². The minimum atomic E-state index is 0.138. The first kappa shape index (κ1) is 43.8. The average molecular weight is 883 g/mol. The highest BCUT2D eigenvalue weighted by Gasteiger charge is 2.24. The zero-order valence-corrected chi connectivity index (χ0v) is 39.5. The van der Waals surface area contributed by atoms with Crippen LogP contribution in [0.2, 0.25) is 0 Å². The topological polar surface area (TPSA) is 13.0 Å². The van der Waals surface area contributed by atoms with Gasteiger partial charge < -0.3 is 19.6 Å². The maximum atomic E-state index is 2.47. The first-order valence-electron chi connectivity index (χ1n) is 23.9. The Kier molecular flexibility index (Phi) is 12.8. The second-order valence-corrected chi connectivity index (χ2v) is 18.1. The van der Waals surface area contributed by atoms with Crippen molar-refractivity contribution in [3.63, 3.8) is 0 Å². The van der Waals surface area contributed by atoms with Crippen molar-refractivity contribution >= 4 is 51.2 Å². The fourth-order valence-corrected chi connectivity index (χ4v) is 9.62. The summed E-state index contributed by atoms with van der Waals surface area (Å²) < 4.78 is 0. The molecule has 2 aliphatic rings. The monoisotopic (exact) mass is 882 g/mol. The molecular formula is C64H58N4. The van der Waals surface area contributed by atoms with Crippen molar-refractivity contribution < 1.29 is 0 Å². The molecule has 0 saturated heterocycles. The summed E-state index contributed by atoms with van der Waals surface area (Å²) >= 11 is 0. The molecule has 4 heteroatoms. The number of allylic oxidation sites excluding steroid dienone is 4. The van der Waals surface area contributed by atoms with E-state index in [4.69, 9.17) is 0 Å². The molecule has 0 heterocycles. The predicted molar refractivity (Wildman–Crippen MR) is 290 cm³/mol. The Labute approximate surface area is 403 Å². The molecule has 68 heavy (non-hydrogen) atoms. The SMILES string of the molecule is Cc1cccc(N(C2=CCC(N(c3ccccc3)c3ccc(-c4ccc(N(C5=CCCC=C5)c5ccc(N(c6cccc(C)c6)c6cccc(C)c6)cc5)cc4)cc3)C=C2)c2cccc(C)c2)c1. The fourth-order valence-electron chi connectivity index (χ4n) is 9.62. The van der Waals surface area contributed by atoms with Crippen LogP contribution in [0.5, 0.6) is 0 Å². The minimum Gasteiger partial charge on any atom is -0.334 e. The van der Waals surface area contributed by atoms with Crippen LogP contribution in [0.4, 0.5) is 51.2 Å². The molecule has 10 rings (SSSR count). The average Bonchev–Trinajstić information content (AvgIpc) is 3.37. The molecule has 0 aliphatic heterocycles. The number of aryl methyl sites for hydroxylation is 4. The number of hydrogen-bond acceptors (Lipinski definition) is 4. The largest absolute Gasteiger partial charge is 0.334 e. The molecular weight excluding hydrogens is 825 g/mol. The van der Waals surface area contributed by atoms with Crippen LogP contribution < -0.4 is 19.6 Å². The van der Waals surface area contributed by atoms with E-state index in [1.54, 1.807) is 0 Å². The Hall–Kier alpha value is -8.08. The van der Waals surface area contributed by atoms with E-state index in [0.717, 1.165) is 64.8 Å². The van der Waals surface area contributed by atoms with Crippen LogP contribution in [0.3, 0.4) is 0 Å². The summed E-state index contributed by atoms with van der Waals surface area (Å²) in [6, 6.07) is 73.1. The van der Waals surface area contributed by atoms with Crippen molar-refractivity contribution in [3.05, 3.63) is 270 Å². The van der Waals surface area contributed by atoms with E-state index in [1.807, 2.05) is 0 Å². The molecule has 1 unspecified atom stereocenters. The highest BCUT2D eigenvalue weighted by molar-refractivity contribution is 5.81. The highest BCUT2D eigenvalue weighted by Crippen LogP contribution is 2.41. The lowest BCUT2D eigenvalue weighted by Gasteiger charge is -2.35. The van der Waals surface area contributed by atoms with Gasteiger partial charge in [-0.05, 0) is 202 Å². The molecule has 0 aromatic heterocycles. The van der Waals surface area contributed by atoms with Crippen LogP contribution in [-0.2, 0) is 0 Å². The lowest BCUT2D eigenvalue weighted by Crippen LogP contribution is -2.31. The van der Waals surface area contributed by atoms with Gasteiger partial charge in [0.25, 0.3) is 0 Å². The van der Waals surface area contributed by atoms with Gasteiger partial charge in [-0.15, -0.1) is 0 Å². The summed E-state index contributed by atoms with van der Waals surface area (Å²) in [4.78, 5) is 9.58. The summed E-state index contributed by atoms with van der Waals surface area (Å²) in [6.07, 6.45) is 16.9. The lowest BCUT2D eigenvalue weighted by atomic mass is 10.00. The van der Waals surface area contributed by atoms with Gasteiger partial charge in [-0.2, -0.15) is 0 Å². The molecule has 0 radical (unpaired) electrons. The standard InChI is InChI=1S/C64H58N4/c1-47-15-11-23-61(43-47)67(62-24-12-16-48(2)44-62)59-39-35-57(36-40-59)65(53-19-7-5-8-20-53)55-31-27-51(28-32-55)52-29-33-56(34-30-52)66(54-21-9-6-10-22-54)58-37-41-60(42-38-58)68(63-25-13-17-49(3)45-63)64-26-14-18-50(4)46-64/h5,7-9,11-35,37-46,57H,6,10,36H2,1-4H3. The number of anilines is 9. The van der Waals surface area contributed by atoms with Crippen molar-refractivity contribution in [3.8, 4) is 11.1 Å². The first-order chi connectivity index (χ1) is 33.3. The van der Waals surface area contributed by atoms with Gasteiger partial charge in [0.2, 0.25) is 0 Å². The van der Waals surface area contributed by atoms with E-state index in [1.165, 1.54) is 50.5 Å². The molecule has 4 nitrogen and oxygen atoms in total. The van der Waals surface area contributed by atoms with E-state index in [2.05, 4.69) is 284 Å². The van der Waals surface area contributed by atoms with E-state index < -0.39 is 0 Å². The van der Waals surface area contributed by atoms with Crippen LogP contribution in [0, 0.1) is 27.7 Å². The molecule has 0 amide bonds. The maximum absolute atomic E-state index is 2.47. The number of rotatable bonds is 13. The second kappa shape index (κ2) is 19.8. The molecule has 0 saturated carbocycles. The molecule has 334 valence electrons. The van der Waals surface area contributed by atoms with E-state index in [9.17, 15) is 0 Å². The number of para-hydroxylation sites is 1. The normalized spacial score (nSPS) is 14.2. The van der Waals surface area contributed by atoms with E-state index in [-0.39, 0.29) is 6.04 Å². The third-order valence-corrected chi connectivity index (χ3v) is 12.9. The summed E-state index contributed by atoms with van der Waals surface area (Å²) in [7, 11) is 0. The molecule has 2 aliphatic carbocycles. The Balaban J connectivity index is 0.915. The number of benzene rings is 8. The van der Waals surface area contributed by atoms with Crippen LogP contribution in [0.25, 0.3) is 11.1 Å². The number of nitrogens with zero attached hydrogens (tertiary/aromatic N) is 4. The van der Waals surface area contributed by atoms with Gasteiger partial charge in [-0.3, -0.25) is 0 Å². The Morgan fingerprint density at radius 1 is 0.338 bits per heavy atom. The van der Waals surface area contributed by atoms with Crippen molar-refractivity contribution in [1.29, 1.82) is 0 Å². The molecule has 1 atom stereocenters. The summed E-state index contributed by atoms with van der Waals surface area (Å²) in [6.45, 7) is 8.63. The molecule has 8 aromatic rings. The smallest absolute Gasteiger partial charge is 0.0561 e. The second-order valence-electron chi connectivity index (χ2n) is 18.1.